The summed E-state index contributed by atoms with van der Waals surface area (Å²) in [7, 11) is 1.55. The first kappa shape index (κ1) is 22.0. The summed E-state index contributed by atoms with van der Waals surface area (Å²) in [4.78, 5) is 0. The Hall–Kier alpha value is -4.20. The zero-order valence-corrected chi connectivity index (χ0v) is 18.8. The minimum Gasteiger partial charge on any atom is -0.493 e. The van der Waals surface area contributed by atoms with Crippen molar-refractivity contribution in [3.8, 4) is 41.5 Å². The number of benzene rings is 2. The van der Waals surface area contributed by atoms with Crippen molar-refractivity contribution in [2.24, 2.45) is 5.73 Å². The van der Waals surface area contributed by atoms with Crippen LogP contribution < -0.4 is 19.9 Å². The first-order valence-corrected chi connectivity index (χ1v) is 10.5. The summed E-state index contributed by atoms with van der Waals surface area (Å²) < 4.78 is 18.8. The molecule has 0 bridgehead atoms. The Morgan fingerprint density at radius 1 is 1.21 bits per heavy atom. The lowest BCUT2D eigenvalue weighted by atomic mass is 9.91. The van der Waals surface area contributed by atoms with Crippen molar-refractivity contribution in [1.82, 2.24) is 9.78 Å². The van der Waals surface area contributed by atoms with Crippen LogP contribution >= 0.6 is 0 Å². The highest BCUT2D eigenvalue weighted by Crippen LogP contribution is 2.43. The van der Waals surface area contributed by atoms with Crippen molar-refractivity contribution in [3.63, 3.8) is 0 Å². The van der Waals surface area contributed by atoms with Crippen LogP contribution in [0.25, 0.3) is 11.3 Å². The number of aromatic nitrogens is 2. The second kappa shape index (κ2) is 9.12. The minimum atomic E-state index is -0.939. The topological polar surface area (TPSA) is 95.3 Å². The standard InChI is InChI=1S/C26H24N4O3/c1-5-13-32-21-12-9-18(14-22(21)31-4)24-20(15-27)25(28)33-26-23(24)16(3)29-30(26)19-10-7-17(6-2)8-11-19/h1,7-12,14,25H,6,13,28H2,2-4H3. The Morgan fingerprint density at radius 3 is 2.61 bits per heavy atom. The van der Waals surface area contributed by atoms with Gasteiger partial charge in [-0.3, -0.25) is 5.73 Å². The molecule has 166 valence electrons. The van der Waals surface area contributed by atoms with Crippen molar-refractivity contribution < 1.29 is 14.2 Å². The summed E-state index contributed by atoms with van der Waals surface area (Å²) in [6.45, 7) is 4.11. The SMILES string of the molecule is C#CCOc1ccc(C2=C(C#N)C(N)Oc3c2c(C)nn3-c2ccc(CC)cc2)cc1OC. The molecule has 2 aromatic carbocycles. The molecule has 1 unspecified atom stereocenters. The van der Waals surface area contributed by atoms with Gasteiger partial charge < -0.3 is 14.2 Å². The molecule has 0 spiro atoms. The predicted molar refractivity (Wildman–Crippen MR) is 125 cm³/mol. The number of fused-ring (bicyclic) bond motifs is 1. The maximum atomic E-state index is 9.92. The fourth-order valence-electron chi connectivity index (χ4n) is 3.89. The number of ether oxygens (including phenoxy) is 3. The summed E-state index contributed by atoms with van der Waals surface area (Å²) in [6, 6.07) is 15.7. The number of nitrogens with zero attached hydrogens (tertiary/aromatic N) is 3. The maximum Gasteiger partial charge on any atom is 0.226 e. The fraction of sp³-hybridized carbons (Fsp3) is 0.231. The minimum absolute atomic E-state index is 0.118. The van der Waals surface area contributed by atoms with E-state index in [4.69, 9.17) is 31.5 Å². The number of nitriles is 1. The third-order valence-corrected chi connectivity index (χ3v) is 5.53. The molecule has 1 aliphatic rings. The molecule has 1 atom stereocenters. The van der Waals surface area contributed by atoms with Gasteiger partial charge in [0, 0.05) is 5.57 Å². The molecule has 4 rings (SSSR count). The average molecular weight is 441 g/mol. The van der Waals surface area contributed by atoms with Crippen LogP contribution in [-0.2, 0) is 6.42 Å². The highest BCUT2D eigenvalue weighted by Gasteiger charge is 2.33. The van der Waals surface area contributed by atoms with E-state index in [1.165, 1.54) is 5.56 Å². The van der Waals surface area contributed by atoms with Gasteiger partial charge >= 0.3 is 0 Å². The monoisotopic (exact) mass is 440 g/mol. The van der Waals surface area contributed by atoms with Crippen LogP contribution in [0.15, 0.2) is 48.0 Å². The van der Waals surface area contributed by atoms with Crippen LogP contribution in [0.2, 0.25) is 0 Å². The highest BCUT2D eigenvalue weighted by atomic mass is 16.5. The number of hydrogen-bond donors (Lipinski definition) is 1. The molecule has 0 aliphatic carbocycles. The third-order valence-electron chi connectivity index (χ3n) is 5.53. The van der Waals surface area contributed by atoms with Gasteiger partial charge in [0.05, 0.1) is 29.6 Å². The molecule has 7 heteroatoms. The van der Waals surface area contributed by atoms with Crippen LogP contribution in [0, 0.1) is 30.6 Å². The van der Waals surface area contributed by atoms with E-state index in [9.17, 15) is 5.26 Å². The highest BCUT2D eigenvalue weighted by molar-refractivity contribution is 5.90. The molecule has 0 fully saturated rings. The molecule has 0 radical (unpaired) electrons. The number of nitrogens with two attached hydrogens (primary N) is 1. The molecule has 3 aromatic rings. The van der Waals surface area contributed by atoms with E-state index in [-0.39, 0.29) is 6.61 Å². The van der Waals surface area contributed by atoms with Gasteiger partial charge in [-0.1, -0.05) is 31.0 Å². The van der Waals surface area contributed by atoms with Gasteiger partial charge in [-0.05, 0) is 48.7 Å². The number of terminal acetylenes is 1. The number of hydrogen-bond acceptors (Lipinski definition) is 6. The van der Waals surface area contributed by atoms with E-state index in [0.717, 1.165) is 17.7 Å². The van der Waals surface area contributed by atoms with Crippen molar-refractivity contribution in [1.29, 1.82) is 5.26 Å². The van der Waals surface area contributed by atoms with Gasteiger partial charge in [-0.2, -0.15) is 10.4 Å². The lowest BCUT2D eigenvalue weighted by Crippen LogP contribution is -2.33. The smallest absolute Gasteiger partial charge is 0.226 e. The lowest BCUT2D eigenvalue weighted by Gasteiger charge is -2.25. The van der Waals surface area contributed by atoms with Crippen LogP contribution in [0.3, 0.4) is 0 Å². The third kappa shape index (κ3) is 3.91. The van der Waals surface area contributed by atoms with Gasteiger partial charge in [0.25, 0.3) is 0 Å². The summed E-state index contributed by atoms with van der Waals surface area (Å²) in [5.74, 6) is 3.94. The summed E-state index contributed by atoms with van der Waals surface area (Å²) >= 11 is 0. The van der Waals surface area contributed by atoms with E-state index in [1.807, 2.05) is 25.1 Å². The first-order valence-electron chi connectivity index (χ1n) is 10.5. The number of aryl methyl sites for hydroxylation is 2. The second-order valence-electron chi connectivity index (χ2n) is 7.49. The van der Waals surface area contributed by atoms with Crippen molar-refractivity contribution in [3.05, 3.63) is 70.4 Å². The van der Waals surface area contributed by atoms with Gasteiger partial charge in [0.2, 0.25) is 5.88 Å². The van der Waals surface area contributed by atoms with E-state index < -0.39 is 6.23 Å². The molecule has 0 amide bonds. The van der Waals surface area contributed by atoms with Crippen molar-refractivity contribution >= 4 is 5.57 Å². The van der Waals surface area contributed by atoms with Crippen molar-refractivity contribution in [2.45, 2.75) is 26.5 Å². The largest absolute Gasteiger partial charge is 0.493 e. The van der Waals surface area contributed by atoms with E-state index >= 15 is 0 Å². The predicted octanol–water partition coefficient (Wildman–Crippen LogP) is 3.77. The Kier molecular flexibility index (Phi) is 6.08. The van der Waals surface area contributed by atoms with Crippen LogP contribution in [-0.4, -0.2) is 29.7 Å². The van der Waals surface area contributed by atoms with Gasteiger partial charge in [-0.15, -0.1) is 6.42 Å². The molecule has 1 aliphatic heterocycles. The average Bonchev–Trinajstić information content (AvgIpc) is 3.17. The molecule has 33 heavy (non-hydrogen) atoms. The molecule has 1 aromatic heterocycles. The summed E-state index contributed by atoms with van der Waals surface area (Å²) in [6.07, 6.45) is 5.31. The van der Waals surface area contributed by atoms with Crippen LogP contribution in [0.1, 0.15) is 29.3 Å². The Balaban J connectivity index is 1.89. The van der Waals surface area contributed by atoms with Gasteiger partial charge in [0.1, 0.15) is 12.7 Å². The summed E-state index contributed by atoms with van der Waals surface area (Å²) in [5, 5.41) is 14.6. The Morgan fingerprint density at radius 2 is 1.97 bits per heavy atom. The van der Waals surface area contributed by atoms with E-state index in [1.54, 1.807) is 23.9 Å². The Bertz CT molecular complexity index is 1310. The van der Waals surface area contributed by atoms with Gasteiger partial charge in [0.15, 0.2) is 17.7 Å². The number of methoxy groups -OCH3 is 1. The second-order valence-corrected chi connectivity index (χ2v) is 7.49. The zero-order chi connectivity index (χ0) is 23.5. The molecular weight excluding hydrogens is 416 g/mol. The van der Waals surface area contributed by atoms with E-state index in [2.05, 4.69) is 31.0 Å². The molecular formula is C26H24N4O3. The molecule has 2 N–H and O–H groups in total. The van der Waals surface area contributed by atoms with E-state index in [0.29, 0.717) is 39.8 Å². The molecule has 2 heterocycles. The zero-order valence-electron chi connectivity index (χ0n) is 18.8. The maximum absolute atomic E-state index is 9.92. The molecule has 0 saturated heterocycles. The quantitative estimate of drug-likeness (QED) is 0.587. The van der Waals surface area contributed by atoms with Gasteiger partial charge in [-0.25, -0.2) is 4.68 Å². The van der Waals surface area contributed by atoms with Crippen LogP contribution in [0.4, 0.5) is 0 Å². The molecule has 0 saturated carbocycles. The first-order chi connectivity index (χ1) is 16.0. The van der Waals surface area contributed by atoms with Crippen LogP contribution in [0.5, 0.6) is 17.4 Å². The Labute approximate surface area is 193 Å². The lowest BCUT2D eigenvalue weighted by molar-refractivity contribution is 0.228. The fourth-order valence-corrected chi connectivity index (χ4v) is 3.89. The number of rotatable bonds is 6. The summed E-state index contributed by atoms with van der Waals surface area (Å²) in [5.41, 5.74) is 11.5. The normalized spacial score (nSPS) is 14.7. The van der Waals surface area contributed by atoms with Crippen molar-refractivity contribution in [2.75, 3.05) is 13.7 Å². The molecule has 7 nitrogen and oxygen atoms in total.